The number of allylic oxidation sites excluding steroid dienone is 1. The summed E-state index contributed by atoms with van der Waals surface area (Å²) in [5.41, 5.74) is 2.30. The van der Waals surface area contributed by atoms with E-state index in [1.165, 1.54) is 5.56 Å². The minimum absolute atomic E-state index is 0.0792. The molecule has 0 aliphatic carbocycles. The average Bonchev–Trinajstić information content (AvgIpc) is 2.20. The molecule has 0 saturated heterocycles. The molecule has 76 valence electrons. The predicted octanol–water partition coefficient (Wildman–Crippen LogP) is 3.62. The minimum atomic E-state index is 0.0792. The summed E-state index contributed by atoms with van der Waals surface area (Å²) in [4.78, 5) is 10.6. The quantitative estimate of drug-likeness (QED) is 0.651. The van der Waals surface area contributed by atoms with Gasteiger partial charge in [0, 0.05) is 0 Å². The van der Waals surface area contributed by atoms with Crippen LogP contribution in [0.15, 0.2) is 30.3 Å². The van der Waals surface area contributed by atoms with Crippen molar-refractivity contribution in [3.05, 3.63) is 41.5 Å². The highest BCUT2D eigenvalue weighted by molar-refractivity contribution is 5.91. The molecule has 0 aliphatic heterocycles. The van der Waals surface area contributed by atoms with Crippen LogP contribution in [0.5, 0.6) is 0 Å². The molecule has 0 fully saturated rings. The van der Waals surface area contributed by atoms with Crippen LogP contribution in [0.25, 0.3) is 6.08 Å². The number of carbonyl (C=O) groups excluding carboxylic acids is 1. The van der Waals surface area contributed by atoms with Gasteiger partial charge in [0.1, 0.15) is 0 Å². The van der Waals surface area contributed by atoms with E-state index in [0.717, 1.165) is 5.56 Å². The van der Waals surface area contributed by atoms with Crippen LogP contribution in [0.3, 0.4) is 0 Å². The third-order valence-corrected chi connectivity index (χ3v) is 1.59. The van der Waals surface area contributed by atoms with E-state index in [9.17, 15) is 4.79 Å². The van der Waals surface area contributed by atoms with Crippen molar-refractivity contribution in [3.63, 3.8) is 0 Å². The summed E-state index contributed by atoms with van der Waals surface area (Å²) in [5, 5.41) is 0. The molecule has 0 unspecified atom stereocenters. The van der Waals surface area contributed by atoms with Crippen LogP contribution < -0.4 is 0 Å². The van der Waals surface area contributed by atoms with Crippen LogP contribution in [0, 0.1) is 6.92 Å². The van der Waals surface area contributed by atoms with Gasteiger partial charge >= 0.3 is 0 Å². The van der Waals surface area contributed by atoms with Crippen molar-refractivity contribution in [2.24, 2.45) is 0 Å². The normalized spacial score (nSPS) is 9.43. The first kappa shape index (κ1) is 12.6. The average molecular weight is 190 g/mol. The van der Waals surface area contributed by atoms with Gasteiger partial charge < -0.3 is 0 Å². The van der Waals surface area contributed by atoms with E-state index in [4.69, 9.17) is 0 Å². The lowest BCUT2D eigenvalue weighted by molar-refractivity contribution is -0.112. The van der Waals surface area contributed by atoms with Gasteiger partial charge in [-0.3, -0.25) is 4.79 Å². The van der Waals surface area contributed by atoms with Crippen LogP contribution in [-0.4, -0.2) is 5.78 Å². The van der Waals surface area contributed by atoms with E-state index in [1.54, 1.807) is 13.0 Å². The monoisotopic (exact) mass is 190 g/mol. The van der Waals surface area contributed by atoms with Crippen LogP contribution in [0.2, 0.25) is 0 Å². The molecule has 0 aliphatic rings. The highest BCUT2D eigenvalue weighted by Crippen LogP contribution is 2.04. The molecule has 0 radical (unpaired) electrons. The largest absolute Gasteiger partial charge is 0.295 e. The predicted molar refractivity (Wildman–Crippen MR) is 62.2 cm³/mol. The zero-order valence-electron chi connectivity index (χ0n) is 9.37. The summed E-state index contributed by atoms with van der Waals surface area (Å²) < 4.78 is 0. The molecule has 14 heavy (non-hydrogen) atoms. The molecule has 1 aromatic rings. The molecular weight excluding hydrogens is 172 g/mol. The molecule has 1 aromatic carbocycles. The number of aryl methyl sites for hydroxylation is 1. The van der Waals surface area contributed by atoms with Gasteiger partial charge in [0.2, 0.25) is 0 Å². The Hall–Kier alpha value is -1.37. The summed E-state index contributed by atoms with van der Waals surface area (Å²) in [6.45, 7) is 7.59. The van der Waals surface area contributed by atoms with Gasteiger partial charge in [0.15, 0.2) is 5.78 Å². The Kier molecular flexibility index (Phi) is 6.38. The second kappa shape index (κ2) is 7.07. The molecule has 0 amide bonds. The number of hydrogen-bond donors (Lipinski definition) is 0. The van der Waals surface area contributed by atoms with Crippen molar-refractivity contribution >= 4 is 11.9 Å². The third kappa shape index (κ3) is 5.31. The molecular formula is C13H18O. The smallest absolute Gasteiger partial charge is 0.152 e. The Labute approximate surface area is 86.5 Å². The highest BCUT2D eigenvalue weighted by Gasteiger charge is 1.86. The lowest BCUT2D eigenvalue weighted by atomic mass is 10.1. The Morgan fingerprint density at radius 1 is 1.14 bits per heavy atom. The van der Waals surface area contributed by atoms with Crippen LogP contribution >= 0.6 is 0 Å². The number of hydrogen-bond acceptors (Lipinski definition) is 1. The van der Waals surface area contributed by atoms with Gasteiger partial charge in [-0.15, -0.1) is 0 Å². The van der Waals surface area contributed by atoms with Gasteiger partial charge in [-0.25, -0.2) is 0 Å². The van der Waals surface area contributed by atoms with Crippen molar-refractivity contribution in [2.45, 2.75) is 27.7 Å². The second-order valence-electron chi connectivity index (χ2n) is 2.85. The minimum Gasteiger partial charge on any atom is -0.295 e. The van der Waals surface area contributed by atoms with Gasteiger partial charge in [0.05, 0.1) is 0 Å². The summed E-state index contributed by atoms with van der Waals surface area (Å²) in [7, 11) is 0. The number of rotatable bonds is 2. The molecule has 1 rings (SSSR count). The number of ketones is 1. The maximum absolute atomic E-state index is 10.6. The lowest BCUT2D eigenvalue weighted by Crippen LogP contribution is -1.80. The number of benzene rings is 1. The zero-order valence-corrected chi connectivity index (χ0v) is 9.37. The van der Waals surface area contributed by atoms with Crippen molar-refractivity contribution < 1.29 is 4.79 Å². The number of carbonyl (C=O) groups is 1. The molecule has 0 N–H and O–H groups in total. The van der Waals surface area contributed by atoms with Crippen molar-refractivity contribution in [1.82, 2.24) is 0 Å². The molecule has 0 saturated carbocycles. The lowest BCUT2D eigenvalue weighted by Gasteiger charge is -1.93. The molecule has 0 bridgehead atoms. The molecule has 0 atom stereocenters. The van der Waals surface area contributed by atoms with E-state index in [2.05, 4.69) is 0 Å². The maximum Gasteiger partial charge on any atom is 0.152 e. The molecule has 0 spiro atoms. The third-order valence-electron chi connectivity index (χ3n) is 1.59. The van der Waals surface area contributed by atoms with E-state index in [1.807, 2.05) is 51.1 Å². The van der Waals surface area contributed by atoms with Gasteiger partial charge in [-0.05, 0) is 25.5 Å². The zero-order chi connectivity index (χ0) is 11.0. The Bertz CT molecular complexity index is 294. The molecule has 0 heterocycles. The summed E-state index contributed by atoms with van der Waals surface area (Å²) in [6.07, 6.45) is 3.40. The molecule has 0 aromatic heterocycles. The van der Waals surface area contributed by atoms with E-state index in [-0.39, 0.29) is 5.78 Å². The van der Waals surface area contributed by atoms with Crippen molar-refractivity contribution in [2.75, 3.05) is 0 Å². The fraction of sp³-hybridized carbons (Fsp3) is 0.308. The van der Waals surface area contributed by atoms with Gasteiger partial charge in [-0.1, -0.05) is 49.8 Å². The first-order valence-electron chi connectivity index (χ1n) is 4.94. The Morgan fingerprint density at radius 2 is 1.64 bits per heavy atom. The standard InChI is InChI=1S/C11H12O.C2H6/c1-9-3-6-11(7-4-9)8-5-10(2)12;1-2/h3-8H,1-2H3;1-2H3. The summed E-state index contributed by atoms with van der Waals surface area (Å²) >= 11 is 0. The second-order valence-corrected chi connectivity index (χ2v) is 2.85. The highest BCUT2D eigenvalue weighted by atomic mass is 16.1. The van der Waals surface area contributed by atoms with Crippen LogP contribution in [-0.2, 0) is 4.79 Å². The Balaban J connectivity index is 0.000000791. The Morgan fingerprint density at radius 3 is 2.07 bits per heavy atom. The van der Waals surface area contributed by atoms with E-state index < -0.39 is 0 Å². The van der Waals surface area contributed by atoms with Gasteiger partial charge in [-0.2, -0.15) is 0 Å². The SMILES string of the molecule is CC.CC(=O)C=Cc1ccc(C)cc1. The molecule has 1 heteroatoms. The fourth-order valence-electron chi connectivity index (χ4n) is 0.891. The van der Waals surface area contributed by atoms with E-state index in [0.29, 0.717) is 0 Å². The van der Waals surface area contributed by atoms with E-state index >= 15 is 0 Å². The fourth-order valence-corrected chi connectivity index (χ4v) is 0.891. The molecule has 1 nitrogen and oxygen atoms in total. The maximum atomic E-state index is 10.6. The topological polar surface area (TPSA) is 17.1 Å². The summed E-state index contributed by atoms with van der Waals surface area (Å²) in [6, 6.07) is 8.04. The van der Waals surface area contributed by atoms with Crippen LogP contribution in [0.4, 0.5) is 0 Å². The van der Waals surface area contributed by atoms with Gasteiger partial charge in [0.25, 0.3) is 0 Å². The van der Waals surface area contributed by atoms with Crippen molar-refractivity contribution in [3.8, 4) is 0 Å². The van der Waals surface area contributed by atoms with Crippen molar-refractivity contribution in [1.29, 1.82) is 0 Å². The van der Waals surface area contributed by atoms with Crippen LogP contribution in [0.1, 0.15) is 31.9 Å². The summed E-state index contributed by atoms with van der Waals surface area (Å²) in [5.74, 6) is 0.0792. The first-order valence-corrected chi connectivity index (χ1v) is 4.94. The first-order chi connectivity index (χ1) is 6.68.